The second-order valence-corrected chi connectivity index (χ2v) is 3.70. The summed E-state index contributed by atoms with van der Waals surface area (Å²) in [7, 11) is 0. The van der Waals surface area contributed by atoms with Crippen molar-refractivity contribution in [3.8, 4) is 0 Å². The molecule has 0 spiro atoms. The average Bonchev–Trinajstić information content (AvgIpc) is 2.28. The molecule has 0 heterocycles. The van der Waals surface area contributed by atoms with Gasteiger partial charge in [-0.25, -0.2) is 0 Å². The number of hydrogen-bond acceptors (Lipinski definition) is 2. The summed E-state index contributed by atoms with van der Waals surface area (Å²) in [6.45, 7) is 1.87. The van der Waals surface area contributed by atoms with Crippen molar-refractivity contribution in [3.05, 3.63) is 48.0 Å². The van der Waals surface area contributed by atoms with Gasteiger partial charge in [0.15, 0.2) is 0 Å². The number of ether oxygens (including phenoxy) is 1. The Hall–Kier alpha value is -1.83. The largest absolute Gasteiger partial charge is 0.466 e. The van der Waals surface area contributed by atoms with Crippen LogP contribution in [0, 0.1) is 6.07 Å². The molecule has 1 radical (unpaired) electrons. The van der Waals surface area contributed by atoms with Crippen LogP contribution in [0.25, 0.3) is 10.8 Å². The molecule has 81 valence electrons. The molecule has 0 saturated heterocycles. The molecule has 0 atom stereocenters. The molecule has 0 N–H and O–H groups in total. The molecule has 16 heavy (non-hydrogen) atoms. The number of carbonyl (C=O) groups excluding carboxylic acids is 1. The molecular formula is C14H13O2. The van der Waals surface area contributed by atoms with Crippen LogP contribution in [0.15, 0.2) is 36.4 Å². The molecule has 0 aliphatic rings. The van der Waals surface area contributed by atoms with Gasteiger partial charge < -0.3 is 4.74 Å². The fourth-order valence-electron chi connectivity index (χ4n) is 1.64. The topological polar surface area (TPSA) is 26.3 Å². The zero-order valence-electron chi connectivity index (χ0n) is 9.19. The highest BCUT2D eigenvalue weighted by Gasteiger charge is 1.98. The molecule has 0 fully saturated rings. The third-order valence-corrected chi connectivity index (χ3v) is 2.45. The van der Waals surface area contributed by atoms with Gasteiger partial charge in [-0.15, -0.1) is 0 Å². The minimum atomic E-state index is -0.228. The smallest absolute Gasteiger partial charge is 0.302 e. The van der Waals surface area contributed by atoms with Gasteiger partial charge in [0.25, 0.3) is 0 Å². The Morgan fingerprint density at radius 1 is 1.31 bits per heavy atom. The van der Waals surface area contributed by atoms with Crippen molar-refractivity contribution in [2.45, 2.75) is 13.3 Å². The molecule has 2 aromatic rings. The van der Waals surface area contributed by atoms with Crippen LogP contribution in [0.4, 0.5) is 0 Å². The number of rotatable bonds is 3. The Morgan fingerprint density at radius 2 is 2.19 bits per heavy atom. The Kier molecular flexibility index (Phi) is 3.20. The SMILES string of the molecule is CC(=O)OCCc1ccc2cc[c]cc2c1. The highest BCUT2D eigenvalue weighted by molar-refractivity contribution is 5.82. The van der Waals surface area contributed by atoms with Gasteiger partial charge >= 0.3 is 5.97 Å². The zero-order chi connectivity index (χ0) is 11.4. The van der Waals surface area contributed by atoms with Gasteiger partial charge in [0, 0.05) is 13.3 Å². The van der Waals surface area contributed by atoms with E-state index < -0.39 is 0 Å². The number of esters is 1. The molecule has 0 amide bonds. The second-order valence-electron chi connectivity index (χ2n) is 3.70. The molecule has 0 aliphatic heterocycles. The summed E-state index contributed by atoms with van der Waals surface area (Å²) >= 11 is 0. The summed E-state index contributed by atoms with van der Waals surface area (Å²) in [6, 6.07) is 15.2. The molecule has 0 saturated carbocycles. The van der Waals surface area contributed by atoms with Crippen LogP contribution in [0.5, 0.6) is 0 Å². The molecule has 0 aromatic heterocycles. The normalized spacial score (nSPS) is 10.3. The van der Waals surface area contributed by atoms with E-state index in [2.05, 4.69) is 24.3 Å². The third kappa shape index (κ3) is 2.60. The molecule has 0 aliphatic carbocycles. The minimum Gasteiger partial charge on any atom is -0.466 e. The Bertz CT molecular complexity index is 503. The van der Waals surface area contributed by atoms with Gasteiger partial charge in [-0.2, -0.15) is 0 Å². The first-order valence-electron chi connectivity index (χ1n) is 5.28. The second kappa shape index (κ2) is 4.79. The van der Waals surface area contributed by atoms with Crippen LogP contribution >= 0.6 is 0 Å². The van der Waals surface area contributed by atoms with E-state index in [1.165, 1.54) is 23.3 Å². The van der Waals surface area contributed by atoms with Crippen molar-refractivity contribution in [2.75, 3.05) is 6.61 Å². The van der Waals surface area contributed by atoms with E-state index in [-0.39, 0.29) is 5.97 Å². The molecule has 0 unspecified atom stereocenters. The van der Waals surface area contributed by atoms with Crippen LogP contribution in [0.1, 0.15) is 12.5 Å². The third-order valence-electron chi connectivity index (χ3n) is 2.45. The van der Waals surface area contributed by atoms with E-state index in [9.17, 15) is 4.79 Å². The van der Waals surface area contributed by atoms with Crippen LogP contribution in [0.3, 0.4) is 0 Å². The molecule has 2 aromatic carbocycles. The van der Waals surface area contributed by atoms with Crippen LogP contribution in [-0.4, -0.2) is 12.6 Å². The summed E-state index contributed by atoms with van der Waals surface area (Å²) in [5, 5.41) is 2.37. The maximum absolute atomic E-state index is 10.6. The fraction of sp³-hybridized carbons (Fsp3) is 0.214. The van der Waals surface area contributed by atoms with Crippen LogP contribution in [0.2, 0.25) is 0 Å². The van der Waals surface area contributed by atoms with E-state index in [1.807, 2.05) is 18.2 Å². The van der Waals surface area contributed by atoms with E-state index in [4.69, 9.17) is 4.74 Å². The highest BCUT2D eigenvalue weighted by Crippen LogP contribution is 2.15. The van der Waals surface area contributed by atoms with Gasteiger partial charge in [-0.3, -0.25) is 4.79 Å². The monoisotopic (exact) mass is 213 g/mol. The van der Waals surface area contributed by atoms with Gasteiger partial charge in [-0.1, -0.05) is 30.3 Å². The predicted octanol–water partition coefficient (Wildman–Crippen LogP) is 2.75. The average molecular weight is 213 g/mol. The highest BCUT2D eigenvalue weighted by atomic mass is 16.5. The number of carbonyl (C=O) groups is 1. The zero-order valence-corrected chi connectivity index (χ0v) is 9.19. The number of fused-ring (bicyclic) bond motifs is 1. The number of benzene rings is 2. The first-order chi connectivity index (χ1) is 7.75. The summed E-state index contributed by atoms with van der Waals surface area (Å²) in [5.74, 6) is -0.228. The van der Waals surface area contributed by atoms with Crippen LogP contribution < -0.4 is 0 Å². The molecule has 2 rings (SSSR count). The molecular weight excluding hydrogens is 200 g/mol. The quantitative estimate of drug-likeness (QED) is 0.733. The predicted molar refractivity (Wildman–Crippen MR) is 63.1 cm³/mol. The first kappa shape index (κ1) is 10.7. The van der Waals surface area contributed by atoms with Crippen molar-refractivity contribution in [1.82, 2.24) is 0 Å². The maximum Gasteiger partial charge on any atom is 0.302 e. The standard InChI is InChI=1S/C14H13O2/c1-11(15)16-9-8-12-6-7-13-4-2-3-5-14(13)10-12/h2,4-7,10H,8-9H2,1H3. The Morgan fingerprint density at radius 3 is 3.00 bits per heavy atom. The lowest BCUT2D eigenvalue weighted by atomic mass is 10.1. The summed E-state index contributed by atoms with van der Waals surface area (Å²) in [5.41, 5.74) is 1.17. The summed E-state index contributed by atoms with van der Waals surface area (Å²) < 4.78 is 4.91. The van der Waals surface area contributed by atoms with Crippen molar-refractivity contribution >= 4 is 16.7 Å². The van der Waals surface area contributed by atoms with Crippen LogP contribution in [-0.2, 0) is 16.0 Å². The van der Waals surface area contributed by atoms with Gasteiger partial charge in [-0.05, 0) is 28.5 Å². The Labute approximate surface area is 94.8 Å². The number of hydrogen-bond donors (Lipinski definition) is 0. The summed E-state index contributed by atoms with van der Waals surface area (Å²) in [4.78, 5) is 10.6. The summed E-state index contributed by atoms with van der Waals surface area (Å²) in [6.07, 6.45) is 0.754. The maximum atomic E-state index is 10.6. The van der Waals surface area contributed by atoms with Crippen molar-refractivity contribution < 1.29 is 9.53 Å². The van der Waals surface area contributed by atoms with Crippen molar-refractivity contribution in [1.29, 1.82) is 0 Å². The van der Waals surface area contributed by atoms with E-state index in [0.717, 1.165) is 6.42 Å². The van der Waals surface area contributed by atoms with E-state index in [1.54, 1.807) is 0 Å². The first-order valence-corrected chi connectivity index (χ1v) is 5.28. The molecule has 2 heteroatoms. The molecule has 0 bridgehead atoms. The molecule has 2 nitrogen and oxygen atoms in total. The van der Waals surface area contributed by atoms with Gasteiger partial charge in [0.05, 0.1) is 6.61 Å². The Balaban J connectivity index is 2.10. The lowest BCUT2D eigenvalue weighted by Gasteiger charge is -2.04. The lowest BCUT2D eigenvalue weighted by Crippen LogP contribution is -2.03. The van der Waals surface area contributed by atoms with Crippen molar-refractivity contribution in [3.63, 3.8) is 0 Å². The van der Waals surface area contributed by atoms with E-state index in [0.29, 0.717) is 6.61 Å². The van der Waals surface area contributed by atoms with Crippen molar-refractivity contribution in [2.24, 2.45) is 0 Å². The minimum absolute atomic E-state index is 0.228. The van der Waals surface area contributed by atoms with E-state index >= 15 is 0 Å². The lowest BCUT2D eigenvalue weighted by molar-refractivity contribution is -0.140. The fourth-order valence-corrected chi connectivity index (χ4v) is 1.64. The van der Waals surface area contributed by atoms with Gasteiger partial charge in [0.1, 0.15) is 0 Å². The van der Waals surface area contributed by atoms with Gasteiger partial charge in [0.2, 0.25) is 0 Å².